The Labute approximate surface area is 401 Å². The predicted molar refractivity (Wildman–Crippen MR) is 253 cm³/mol. The standard InChI is InChI=1S/C49H65F3N6O10S/c1-8-9-17-32(59)29-53-25-15-26-66-33-19-20-36-35(27-33)34-21-22-48(67-39(34)40(54-36)49(50,51)52)28-38-41(60)56-47(7,43(62)57-69(64,65)46(6)23-24-46)31(2)16-13-11-10-12-14-18-37(42(61)58(38)30-48)55-44(63)68-45(3,4)5/h8-9,13,16-17,19-20,27,29,31,37-38,59H,10-12,14-15,18,21-26,28,30H2,1-7H3,(H,55,63)(H,56,60)(H,57,62)/b9-8-,16-13-,32-17+,53-29?/t31-,37-,38-,47+,48+/m0/s1. The number of pyridine rings is 1. The molecule has 4 N–H and O–H groups in total. The first-order valence-corrected chi connectivity index (χ1v) is 25.0. The molecule has 4 amide bonds. The van der Waals surface area contributed by atoms with Gasteiger partial charge in [0.1, 0.15) is 40.3 Å². The lowest BCUT2D eigenvalue weighted by atomic mass is 9.84. The second-order valence-corrected chi connectivity index (χ2v) is 22.1. The van der Waals surface area contributed by atoms with E-state index in [1.807, 2.05) is 13.0 Å². The van der Waals surface area contributed by atoms with Crippen molar-refractivity contribution in [1.29, 1.82) is 0 Å². The number of fused-ring (bicyclic) bond motifs is 4. The number of carbonyl (C=O) groups is 4. The van der Waals surface area contributed by atoms with E-state index < -0.39 is 90.9 Å². The van der Waals surface area contributed by atoms with Gasteiger partial charge in [-0.1, -0.05) is 44.1 Å². The first-order valence-electron chi connectivity index (χ1n) is 23.5. The molecule has 1 aliphatic carbocycles. The second kappa shape index (κ2) is 20.7. The molecule has 1 aromatic carbocycles. The zero-order valence-electron chi connectivity index (χ0n) is 40.3. The van der Waals surface area contributed by atoms with Crippen molar-refractivity contribution in [2.45, 2.75) is 159 Å². The van der Waals surface area contributed by atoms with Gasteiger partial charge in [0.25, 0.3) is 5.91 Å². The number of nitrogens with one attached hydrogen (secondary N) is 3. The molecule has 4 heterocycles. The fraction of sp³-hybridized carbons (Fsp3) is 0.592. The van der Waals surface area contributed by atoms with Crippen LogP contribution in [-0.2, 0) is 41.7 Å². The van der Waals surface area contributed by atoms with Crippen LogP contribution in [0.1, 0.15) is 124 Å². The van der Waals surface area contributed by atoms with Crippen molar-refractivity contribution < 1.29 is 60.1 Å². The number of sulfonamides is 1. The monoisotopic (exact) mass is 986 g/mol. The fourth-order valence-electron chi connectivity index (χ4n) is 8.66. The Hall–Kier alpha value is -5.66. The number of ether oxygens (including phenoxy) is 3. The maximum absolute atomic E-state index is 15.0. The minimum atomic E-state index is -4.99. The Bertz CT molecular complexity index is 2520. The Morgan fingerprint density at radius 2 is 1.86 bits per heavy atom. The largest absolute Gasteiger partial charge is 0.506 e. The first-order chi connectivity index (χ1) is 32.3. The Kier molecular flexibility index (Phi) is 15.8. The van der Waals surface area contributed by atoms with E-state index in [2.05, 4.69) is 25.3 Å². The Morgan fingerprint density at radius 1 is 1.12 bits per heavy atom. The number of nitrogens with zero attached hydrogens (tertiary/aromatic N) is 3. The number of halogens is 3. The third kappa shape index (κ3) is 12.6. The molecule has 2 fully saturated rings. The highest BCUT2D eigenvalue weighted by Crippen LogP contribution is 2.49. The average molecular weight is 987 g/mol. The molecule has 4 aliphatic rings. The minimum absolute atomic E-state index is 0.00830. The van der Waals surface area contributed by atoms with Crippen LogP contribution < -0.4 is 24.8 Å². The SMILES string of the molecule is C/C=C\C=C(\O)C=NCCCOc1ccc2nc(C(F)(F)F)c3c(c2c1)CC[C@]1(C[C@H]2C(=O)N[C@@](C)(C(=O)NS(=O)(=O)C4(C)CC4)[C@@H](C)/C=C\CCCCC[C@H](NC(=O)OC(C)(C)C)C(=O)N2C1)O3. The molecule has 1 aromatic heterocycles. The molecule has 1 saturated heterocycles. The van der Waals surface area contributed by atoms with E-state index in [0.29, 0.717) is 62.6 Å². The van der Waals surface area contributed by atoms with E-state index in [9.17, 15) is 32.7 Å². The van der Waals surface area contributed by atoms with Gasteiger partial charge in [-0.3, -0.25) is 24.1 Å². The first kappa shape index (κ1) is 52.7. The van der Waals surface area contributed by atoms with Gasteiger partial charge < -0.3 is 34.9 Å². The number of rotatable bonds is 11. The van der Waals surface area contributed by atoms with Crippen LogP contribution in [0.15, 0.2) is 59.3 Å². The Morgan fingerprint density at radius 3 is 2.54 bits per heavy atom. The molecule has 16 nitrogen and oxygen atoms in total. The molecule has 0 radical (unpaired) electrons. The summed E-state index contributed by atoms with van der Waals surface area (Å²) < 4.78 is 90.8. The van der Waals surface area contributed by atoms with Gasteiger partial charge >= 0.3 is 12.3 Å². The lowest BCUT2D eigenvalue weighted by Gasteiger charge is -2.37. The number of carbonyl (C=O) groups excluding carboxylic acids is 4. The highest BCUT2D eigenvalue weighted by molar-refractivity contribution is 7.91. The summed E-state index contributed by atoms with van der Waals surface area (Å²) in [5.41, 5.74) is -5.47. The van der Waals surface area contributed by atoms with Gasteiger partial charge in [-0.2, -0.15) is 13.2 Å². The average Bonchev–Trinajstić information content (AvgIpc) is 3.93. The zero-order valence-corrected chi connectivity index (χ0v) is 41.1. The lowest BCUT2D eigenvalue weighted by molar-refractivity contribution is -0.144. The van der Waals surface area contributed by atoms with Gasteiger partial charge in [-0.15, -0.1) is 0 Å². The van der Waals surface area contributed by atoms with E-state index in [1.54, 1.807) is 52.0 Å². The third-order valence-corrected chi connectivity index (χ3v) is 15.3. The van der Waals surface area contributed by atoms with Crippen LogP contribution in [0.25, 0.3) is 10.9 Å². The number of aliphatic hydroxyl groups is 1. The number of alkyl halides is 3. The van der Waals surface area contributed by atoms with Crippen molar-refractivity contribution in [3.05, 3.63) is 65.6 Å². The number of alkyl carbamates (subject to hydrolysis) is 1. The van der Waals surface area contributed by atoms with Crippen LogP contribution in [0, 0.1) is 5.92 Å². The van der Waals surface area contributed by atoms with Gasteiger partial charge in [-0.25, -0.2) is 18.2 Å². The van der Waals surface area contributed by atoms with Crippen molar-refractivity contribution in [3.8, 4) is 11.5 Å². The maximum Gasteiger partial charge on any atom is 0.437 e. The molecule has 1 spiro atoms. The number of amides is 4. The minimum Gasteiger partial charge on any atom is -0.506 e. The van der Waals surface area contributed by atoms with Crippen molar-refractivity contribution in [3.63, 3.8) is 0 Å². The van der Waals surface area contributed by atoms with Crippen molar-refractivity contribution in [2.24, 2.45) is 10.9 Å². The number of allylic oxidation sites excluding steroid dienone is 5. The summed E-state index contributed by atoms with van der Waals surface area (Å²) >= 11 is 0. The summed E-state index contributed by atoms with van der Waals surface area (Å²) in [5.74, 6) is -3.59. The van der Waals surface area contributed by atoms with Crippen LogP contribution in [0.3, 0.4) is 0 Å². The quantitative estimate of drug-likeness (QED) is 0.0563. The molecule has 69 heavy (non-hydrogen) atoms. The van der Waals surface area contributed by atoms with E-state index in [1.165, 1.54) is 43.2 Å². The number of aryl methyl sites for hydroxylation is 1. The van der Waals surface area contributed by atoms with Gasteiger partial charge in [0.15, 0.2) is 11.4 Å². The van der Waals surface area contributed by atoms with E-state index in [0.717, 1.165) is 0 Å². The van der Waals surface area contributed by atoms with E-state index in [4.69, 9.17) is 14.2 Å². The normalized spacial score (nSPS) is 26.4. The third-order valence-electron chi connectivity index (χ3n) is 13.2. The van der Waals surface area contributed by atoms with Crippen LogP contribution in [0.5, 0.6) is 11.5 Å². The molecule has 3 aliphatic heterocycles. The van der Waals surface area contributed by atoms with Gasteiger partial charge in [0.05, 0.1) is 29.6 Å². The molecule has 1 saturated carbocycles. The molecule has 378 valence electrons. The van der Waals surface area contributed by atoms with Crippen LogP contribution in [-0.4, -0.2) is 107 Å². The van der Waals surface area contributed by atoms with Crippen LogP contribution in [0.2, 0.25) is 0 Å². The smallest absolute Gasteiger partial charge is 0.437 e. The highest BCUT2D eigenvalue weighted by atomic mass is 32.2. The number of aliphatic hydroxyl groups excluding tert-OH is 1. The predicted octanol–water partition coefficient (Wildman–Crippen LogP) is 7.70. The van der Waals surface area contributed by atoms with Crippen LogP contribution in [0.4, 0.5) is 18.0 Å². The summed E-state index contributed by atoms with van der Waals surface area (Å²) in [6.45, 7) is 11.5. The molecule has 0 bridgehead atoms. The maximum atomic E-state index is 15.0. The van der Waals surface area contributed by atoms with Gasteiger partial charge in [-0.05, 0) is 111 Å². The van der Waals surface area contributed by atoms with Crippen molar-refractivity contribution in [2.75, 3.05) is 19.7 Å². The fourth-order valence-corrected chi connectivity index (χ4v) is 10.0. The number of aromatic nitrogens is 1. The zero-order chi connectivity index (χ0) is 50.6. The number of aliphatic imine (C=N–C) groups is 1. The molecular formula is C49H65F3N6O10S. The summed E-state index contributed by atoms with van der Waals surface area (Å²) in [6, 6.07) is 1.84. The molecule has 2 aromatic rings. The lowest BCUT2D eigenvalue weighted by Crippen LogP contribution is -2.64. The molecule has 20 heteroatoms. The highest BCUT2D eigenvalue weighted by Gasteiger charge is 2.57. The number of hydrogen-bond acceptors (Lipinski definition) is 12. The molecular weight excluding hydrogens is 922 g/mol. The molecule has 0 unspecified atom stereocenters. The molecule has 5 atom stereocenters. The summed E-state index contributed by atoms with van der Waals surface area (Å²) in [4.78, 5) is 66.6. The molecule has 6 rings (SSSR count). The summed E-state index contributed by atoms with van der Waals surface area (Å²) in [7, 11) is -4.17. The topological polar surface area (TPSA) is 215 Å². The van der Waals surface area contributed by atoms with E-state index in [-0.39, 0.29) is 55.7 Å². The van der Waals surface area contributed by atoms with Crippen LogP contribution >= 0.6 is 0 Å². The van der Waals surface area contributed by atoms with E-state index >= 15 is 13.2 Å². The Balaban J connectivity index is 1.36. The summed E-state index contributed by atoms with van der Waals surface area (Å²) in [5, 5.41) is 15.6. The number of benzene rings is 1. The van der Waals surface area contributed by atoms with Gasteiger partial charge in [0.2, 0.25) is 21.8 Å². The van der Waals surface area contributed by atoms with Crippen molar-refractivity contribution >= 4 is 51.0 Å². The van der Waals surface area contributed by atoms with Crippen molar-refractivity contribution in [1.82, 2.24) is 25.2 Å². The summed E-state index contributed by atoms with van der Waals surface area (Å²) in [6.07, 6.45) is 7.27. The number of hydrogen-bond donors (Lipinski definition) is 4. The van der Waals surface area contributed by atoms with Gasteiger partial charge in [0, 0.05) is 36.3 Å². The second-order valence-electron chi connectivity index (χ2n) is 19.9.